The van der Waals surface area contributed by atoms with Crippen LogP contribution in [-0.4, -0.2) is 16.8 Å². The maximum absolute atomic E-state index is 14.0. The van der Waals surface area contributed by atoms with E-state index in [0.717, 1.165) is 23.1 Å². The molecule has 0 spiro atoms. The molecule has 2 nitrogen and oxygen atoms in total. The van der Waals surface area contributed by atoms with Crippen molar-refractivity contribution in [2.45, 2.75) is 31.7 Å². The van der Waals surface area contributed by atoms with Gasteiger partial charge in [0.25, 0.3) is 5.92 Å². The Bertz CT molecular complexity index is 957. The third-order valence-electron chi connectivity index (χ3n) is 4.86. The van der Waals surface area contributed by atoms with E-state index in [4.69, 9.17) is 0 Å². The van der Waals surface area contributed by atoms with Gasteiger partial charge in [0.2, 0.25) is 0 Å². The van der Waals surface area contributed by atoms with Crippen LogP contribution in [0.2, 0.25) is 0 Å². The summed E-state index contributed by atoms with van der Waals surface area (Å²) in [4.78, 5) is 11.1. The molecular weight excluding hydrogens is 327 g/mol. The third-order valence-corrected chi connectivity index (χ3v) is 4.86. The van der Waals surface area contributed by atoms with Gasteiger partial charge in [-0.25, -0.2) is 13.2 Å². The SMILES string of the molecule is O=Cc1ccc2c(c1)c1c(n2Cc2ccc(F)cc2)CCC(F)(F)C1. The van der Waals surface area contributed by atoms with Gasteiger partial charge in [-0.15, -0.1) is 0 Å². The van der Waals surface area contributed by atoms with Crippen LogP contribution in [0.1, 0.15) is 33.6 Å². The van der Waals surface area contributed by atoms with Gasteiger partial charge in [-0.3, -0.25) is 4.79 Å². The van der Waals surface area contributed by atoms with E-state index in [9.17, 15) is 18.0 Å². The van der Waals surface area contributed by atoms with Crippen molar-refractivity contribution in [3.8, 4) is 0 Å². The highest BCUT2D eigenvalue weighted by molar-refractivity contribution is 5.91. The van der Waals surface area contributed by atoms with E-state index in [1.54, 1.807) is 30.3 Å². The number of nitrogens with zero attached hydrogens (tertiary/aromatic N) is 1. The minimum Gasteiger partial charge on any atom is -0.340 e. The van der Waals surface area contributed by atoms with Gasteiger partial charge in [0.15, 0.2) is 0 Å². The molecule has 3 aromatic rings. The predicted molar refractivity (Wildman–Crippen MR) is 89.8 cm³/mol. The van der Waals surface area contributed by atoms with E-state index in [0.29, 0.717) is 23.1 Å². The lowest BCUT2D eigenvalue weighted by atomic mass is 9.92. The number of hydrogen-bond acceptors (Lipinski definition) is 1. The van der Waals surface area contributed by atoms with Gasteiger partial charge >= 0.3 is 0 Å². The van der Waals surface area contributed by atoms with Crippen LogP contribution >= 0.6 is 0 Å². The summed E-state index contributed by atoms with van der Waals surface area (Å²) in [5.41, 5.74) is 3.71. The number of rotatable bonds is 3. The Kier molecular flexibility index (Phi) is 3.67. The molecule has 0 atom stereocenters. The highest BCUT2D eigenvalue weighted by atomic mass is 19.3. The molecule has 0 saturated heterocycles. The van der Waals surface area contributed by atoms with Gasteiger partial charge in [0.05, 0.1) is 0 Å². The lowest BCUT2D eigenvalue weighted by molar-refractivity contribution is -0.0125. The van der Waals surface area contributed by atoms with Crippen LogP contribution in [0, 0.1) is 5.82 Å². The molecule has 128 valence electrons. The minimum atomic E-state index is -2.72. The van der Waals surface area contributed by atoms with Crippen LogP contribution < -0.4 is 0 Å². The first-order valence-electron chi connectivity index (χ1n) is 8.18. The third kappa shape index (κ3) is 2.84. The second-order valence-corrected chi connectivity index (χ2v) is 6.57. The molecule has 1 heterocycles. The molecule has 0 radical (unpaired) electrons. The summed E-state index contributed by atoms with van der Waals surface area (Å²) in [7, 11) is 0. The molecule has 1 aliphatic rings. The van der Waals surface area contributed by atoms with Gasteiger partial charge in [0, 0.05) is 41.5 Å². The standard InChI is InChI=1S/C20H16F3NO/c21-15-4-1-13(2-5-15)11-24-18-6-3-14(12-25)9-16(18)17-10-20(22,23)8-7-19(17)24/h1-6,9,12H,7-8,10-11H2. The Labute approximate surface area is 142 Å². The fourth-order valence-corrected chi connectivity index (χ4v) is 3.65. The zero-order valence-corrected chi connectivity index (χ0v) is 13.4. The fraction of sp³-hybridized carbons (Fsp3) is 0.250. The number of carbonyl (C=O) groups excluding carboxylic acids is 1. The molecule has 0 N–H and O–H groups in total. The van der Waals surface area contributed by atoms with Crippen molar-refractivity contribution in [2.24, 2.45) is 0 Å². The second-order valence-electron chi connectivity index (χ2n) is 6.57. The van der Waals surface area contributed by atoms with Gasteiger partial charge < -0.3 is 4.57 Å². The molecular formula is C20H16F3NO. The summed E-state index contributed by atoms with van der Waals surface area (Å²) in [6.45, 7) is 0.484. The number of hydrogen-bond donors (Lipinski definition) is 0. The average molecular weight is 343 g/mol. The number of benzene rings is 2. The summed E-state index contributed by atoms with van der Waals surface area (Å²) >= 11 is 0. The Morgan fingerprint density at radius 1 is 1.12 bits per heavy atom. The molecule has 1 aromatic heterocycles. The van der Waals surface area contributed by atoms with Crippen LogP contribution in [0.5, 0.6) is 0 Å². The molecule has 4 rings (SSSR count). The van der Waals surface area contributed by atoms with Crippen molar-refractivity contribution in [3.63, 3.8) is 0 Å². The molecule has 0 fully saturated rings. The lowest BCUT2D eigenvalue weighted by Crippen LogP contribution is -2.26. The van der Waals surface area contributed by atoms with Crippen LogP contribution in [0.4, 0.5) is 13.2 Å². The van der Waals surface area contributed by atoms with E-state index in [1.807, 2.05) is 4.57 Å². The molecule has 0 aliphatic heterocycles. The molecule has 0 amide bonds. The van der Waals surface area contributed by atoms with Crippen molar-refractivity contribution in [2.75, 3.05) is 0 Å². The maximum Gasteiger partial charge on any atom is 0.252 e. The van der Waals surface area contributed by atoms with E-state index in [2.05, 4.69) is 0 Å². The predicted octanol–water partition coefficient (Wildman–Crippen LogP) is 4.77. The summed E-state index contributed by atoms with van der Waals surface area (Å²) in [6, 6.07) is 11.4. The molecule has 1 aliphatic carbocycles. The van der Waals surface area contributed by atoms with E-state index >= 15 is 0 Å². The van der Waals surface area contributed by atoms with Crippen LogP contribution in [0.3, 0.4) is 0 Å². The Hall–Kier alpha value is -2.56. The van der Waals surface area contributed by atoms with Crippen molar-refractivity contribution < 1.29 is 18.0 Å². The maximum atomic E-state index is 14.0. The van der Waals surface area contributed by atoms with Crippen LogP contribution in [0.15, 0.2) is 42.5 Å². The second kappa shape index (κ2) is 5.76. The van der Waals surface area contributed by atoms with Crippen molar-refractivity contribution >= 4 is 17.2 Å². The summed E-state index contributed by atoms with van der Waals surface area (Å²) in [6.07, 6.45) is 0.524. The first-order chi connectivity index (χ1) is 12.0. The number of fused-ring (bicyclic) bond motifs is 3. The number of aldehydes is 1. The molecule has 25 heavy (non-hydrogen) atoms. The minimum absolute atomic E-state index is 0.180. The molecule has 0 bridgehead atoms. The van der Waals surface area contributed by atoms with E-state index in [-0.39, 0.29) is 25.1 Å². The zero-order valence-electron chi connectivity index (χ0n) is 13.4. The number of aromatic nitrogens is 1. The van der Waals surface area contributed by atoms with E-state index < -0.39 is 5.92 Å². The lowest BCUT2D eigenvalue weighted by Gasteiger charge is -2.23. The smallest absolute Gasteiger partial charge is 0.252 e. The van der Waals surface area contributed by atoms with Crippen molar-refractivity contribution in [1.29, 1.82) is 0 Å². The topological polar surface area (TPSA) is 22.0 Å². The van der Waals surface area contributed by atoms with Gasteiger partial charge in [-0.2, -0.15) is 0 Å². The van der Waals surface area contributed by atoms with Crippen molar-refractivity contribution in [1.82, 2.24) is 4.57 Å². The molecule has 5 heteroatoms. The molecule has 2 aromatic carbocycles. The van der Waals surface area contributed by atoms with E-state index in [1.165, 1.54) is 12.1 Å². The Balaban J connectivity index is 1.88. The van der Waals surface area contributed by atoms with Gasteiger partial charge in [-0.05, 0) is 47.9 Å². The van der Waals surface area contributed by atoms with Crippen molar-refractivity contribution in [3.05, 3.63) is 70.7 Å². The monoisotopic (exact) mass is 343 g/mol. The average Bonchev–Trinajstić information content (AvgIpc) is 2.88. The summed E-state index contributed by atoms with van der Waals surface area (Å²) < 4.78 is 43.1. The van der Waals surface area contributed by atoms with Crippen LogP contribution in [0.25, 0.3) is 10.9 Å². The highest BCUT2D eigenvalue weighted by Crippen LogP contribution is 2.39. The first kappa shape index (κ1) is 15.9. The van der Waals surface area contributed by atoms with Crippen LogP contribution in [-0.2, 0) is 19.4 Å². The largest absolute Gasteiger partial charge is 0.340 e. The summed E-state index contributed by atoms with van der Waals surface area (Å²) in [5, 5.41) is 0.709. The number of carbonyl (C=O) groups is 1. The number of halogens is 3. The normalized spacial score (nSPS) is 16.0. The van der Waals surface area contributed by atoms with Gasteiger partial charge in [-0.1, -0.05) is 12.1 Å². The zero-order chi connectivity index (χ0) is 17.6. The first-order valence-corrected chi connectivity index (χ1v) is 8.18. The number of alkyl halides is 2. The molecule has 0 saturated carbocycles. The fourth-order valence-electron chi connectivity index (χ4n) is 3.65. The molecule has 0 unspecified atom stereocenters. The Morgan fingerprint density at radius 3 is 2.60 bits per heavy atom. The Morgan fingerprint density at radius 2 is 1.88 bits per heavy atom. The highest BCUT2D eigenvalue weighted by Gasteiger charge is 2.37. The van der Waals surface area contributed by atoms with Gasteiger partial charge in [0.1, 0.15) is 12.1 Å². The quantitative estimate of drug-likeness (QED) is 0.628. The summed E-state index contributed by atoms with van der Waals surface area (Å²) in [5.74, 6) is -3.03.